The molecule has 0 radical (unpaired) electrons. The monoisotopic (exact) mass is 472 g/mol. The van der Waals surface area contributed by atoms with Crippen LogP contribution in [-0.4, -0.2) is 65.7 Å². The van der Waals surface area contributed by atoms with Gasteiger partial charge in [-0.1, -0.05) is 0 Å². The third-order valence-electron chi connectivity index (χ3n) is 5.70. The summed E-state index contributed by atoms with van der Waals surface area (Å²) >= 11 is 0. The van der Waals surface area contributed by atoms with Crippen LogP contribution in [0.5, 0.6) is 0 Å². The number of nitrogens with one attached hydrogen (secondary N) is 1. The van der Waals surface area contributed by atoms with Crippen LogP contribution in [0.4, 0.5) is 32.3 Å². The van der Waals surface area contributed by atoms with Gasteiger partial charge in [-0.15, -0.1) is 0 Å². The highest BCUT2D eigenvalue weighted by molar-refractivity contribution is 5.91. The Bertz CT molecular complexity index is 1020. The Hall–Kier alpha value is -3.43. The molecule has 9 nitrogen and oxygen atoms in total. The van der Waals surface area contributed by atoms with Crippen molar-refractivity contribution in [1.29, 1.82) is 0 Å². The van der Waals surface area contributed by atoms with Gasteiger partial charge in [0.1, 0.15) is 5.60 Å². The second-order valence-electron chi connectivity index (χ2n) is 9.42. The first-order valence-corrected chi connectivity index (χ1v) is 11.3. The number of carbonyl (C=O) groups is 2. The second kappa shape index (κ2) is 10.2. The molecule has 10 heteroatoms. The number of carbonyl (C=O) groups excluding carboxylic acids is 2. The highest BCUT2D eigenvalue weighted by Gasteiger charge is 2.30. The van der Waals surface area contributed by atoms with Crippen LogP contribution < -0.4 is 15.1 Å². The van der Waals surface area contributed by atoms with E-state index in [0.29, 0.717) is 25.9 Å². The van der Waals surface area contributed by atoms with Gasteiger partial charge in [-0.25, -0.2) is 14.2 Å². The topological polar surface area (TPSA) is 90.9 Å². The fraction of sp³-hybridized carbons (Fsp3) is 0.500. The molecule has 0 bridgehead atoms. The van der Waals surface area contributed by atoms with E-state index in [0.717, 1.165) is 17.6 Å². The fourth-order valence-corrected chi connectivity index (χ4v) is 3.67. The van der Waals surface area contributed by atoms with Crippen LogP contribution in [0.1, 0.15) is 40.5 Å². The van der Waals surface area contributed by atoms with E-state index in [4.69, 9.17) is 4.74 Å². The van der Waals surface area contributed by atoms with E-state index in [9.17, 15) is 14.0 Å². The smallest absolute Gasteiger partial charge is 0.410 e. The molecule has 2 aromatic rings. The lowest BCUT2D eigenvalue weighted by molar-refractivity contribution is -0.116. The lowest BCUT2D eigenvalue weighted by Gasteiger charge is -2.37. The van der Waals surface area contributed by atoms with Crippen molar-refractivity contribution in [2.45, 2.75) is 52.2 Å². The van der Waals surface area contributed by atoms with E-state index in [1.807, 2.05) is 25.7 Å². The number of aromatic nitrogens is 2. The summed E-state index contributed by atoms with van der Waals surface area (Å²) in [7, 11) is 3.44. The van der Waals surface area contributed by atoms with Crippen LogP contribution in [-0.2, 0) is 9.53 Å². The van der Waals surface area contributed by atoms with E-state index >= 15 is 0 Å². The number of piperidine rings is 1. The molecule has 0 aliphatic carbocycles. The Labute approximate surface area is 199 Å². The van der Waals surface area contributed by atoms with Crippen molar-refractivity contribution in [3.63, 3.8) is 0 Å². The Kier molecular flexibility index (Phi) is 7.58. The molecular weight excluding hydrogens is 439 g/mol. The number of halogens is 1. The molecule has 0 spiro atoms. The number of hydrogen-bond donors (Lipinski definition) is 1. The zero-order valence-electron chi connectivity index (χ0n) is 20.6. The molecule has 3 rings (SSSR count). The molecule has 1 saturated heterocycles. The summed E-state index contributed by atoms with van der Waals surface area (Å²) in [6.45, 7) is 8.12. The number of rotatable bonds is 5. The van der Waals surface area contributed by atoms with Gasteiger partial charge in [-0.05, 0) is 57.9 Å². The van der Waals surface area contributed by atoms with Crippen LogP contribution in [0.2, 0.25) is 0 Å². The minimum atomic E-state index is -0.552. The van der Waals surface area contributed by atoms with Crippen molar-refractivity contribution in [2.24, 2.45) is 0 Å². The summed E-state index contributed by atoms with van der Waals surface area (Å²) < 4.78 is 20.0. The number of anilines is 4. The molecule has 2 heterocycles. The van der Waals surface area contributed by atoms with Crippen molar-refractivity contribution in [1.82, 2.24) is 14.9 Å². The molecule has 1 aliphatic rings. The summed E-state index contributed by atoms with van der Waals surface area (Å²) in [6.07, 6.45) is 2.15. The minimum absolute atomic E-state index is 0.0141. The van der Waals surface area contributed by atoms with Gasteiger partial charge in [-0.3, -0.25) is 4.79 Å². The van der Waals surface area contributed by atoms with E-state index in [2.05, 4.69) is 15.3 Å². The van der Waals surface area contributed by atoms with Crippen molar-refractivity contribution >= 4 is 35.1 Å². The molecule has 184 valence electrons. The Morgan fingerprint density at radius 3 is 2.32 bits per heavy atom. The first kappa shape index (κ1) is 25.2. The predicted octanol–water partition coefficient (Wildman–Crippen LogP) is 4.18. The van der Waals surface area contributed by atoms with Gasteiger partial charge in [0, 0.05) is 51.5 Å². The quantitative estimate of drug-likeness (QED) is 0.698. The molecule has 0 saturated carbocycles. The van der Waals surface area contributed by atoms with E-state index in [1.165, 1.54) is 6.92 Å². The van der Waals surface area contributed by atoms with Gasteiger partial charge in [0.05, 0.1) is 6.20 Å². The second-order valence-corrected chi connectivity index (χ2v) is 9.42. The zero-order valence-corrected chi connectivity index (χ0v) is 20.6. The summed E-state index contributed by atoms with van der Waals surface area (Å²) in [5, 5.41) is 3.08. The predicted molar refractivity (Wildman–Crippen MR) is 130 cm³/mol. The molecule has 1 aliphatic heterocycles. The Balaban J connectivity index is 1.63. The normalized spacial score (nSPS) is 14.5. The molecular formula is C24H33FN6O3. The highest BCUT2D eigenvalue weighted by Crippen LogP contribution is 2.26. The van der Waals surface area contributed by atoms with Crippen molar-refractivity contribution in [3.05, 3.63) is 36.3 Å². The van der Waals surface area contributed by atoms with E-state index in [1.54, 1.807) is 48.2 Å². The first-order valence-electron chi connectivity index (χ1n) is 11.3. The minimum Gasteiger partial charge on any atom is -0.444 e. The molecule has 1 aromatic heterocycles. The maximum absolute atomic E-state index is 14.6. The Morgan fingerprint density at radius 2 is 1.76 bits per heavy atom. The van der Waals surface area contributed by atoms with Gasteiger partial charge in [0.15, 0.2) is 11.6 Å². The van der Waals surface area contributed by atoms with Gasteiger partial charge >= 0.3 is 6.09 Å². The maximum atomic E-state index is 14.6. The SMILES string of the molecule is CC(=O)N(C)c1ccc(Nc2ncc(F)c(N3CCC(N(C)C(=O)OC(C)(C)C)CC3)n2)cc1. The van der Waals surface area contributed by atoms with Gasteiger partial charge in [-0.2, -0.15) is 4.98 Å². The van der Waals surface area contributed by atoms with Gasteiger partial charge in [0.2, 0.25) is 11.9 Å². The lowest BCUT2D eigenvalue weighted by Crippen LogP contribution is -2.47. The summed E-state index contributed by atoms with van der Waals surface area (Å²) in [5.41, 5.74) is 0.928. The number of amides is 2. The summed E-state index contributed by atoms with van der Waals surface area (Å²) in [5.74, 6) is -0.0583. The van der Waals surface area contributed by atoms with Crippen LogP contribution >= 0.6 is 0 Å². The van der Waals surface area contributed by atoms with E-state index < -0.39 is 11.4 Å². The van der Waals surface area contributed by atoms with Crippen molar-refractivity contribution in [3.8, 4) is 0 Å². The molecule has 0 unspecified atom stereocenters. The summed E-state index contributed by atoms with van der Waals surface area (Å²) in [4.78, 5) is 37.3. The fourth-order valence-electron chi connectivity index (χ4n) is 3.67. The molecule has 1 fully saturated rings. The standard InChI is InChI=1S/C24H33FN6O3/c1-16(32)29(5)18-9-7-17(8-10-18)27-22-26-15-20(25)21(28-22)31-13-11-19(12-14-31)30(6)23(33)34-24(2,3)4/h7-10,15,19H,11-14H2,1-6H3,(H,26,27,28). The van der Waals surface area contributed by atoms with Crippen molar-refractivity contribution < 1.29 is 18.7 Å². The maximum Gasteiger partial charge on any atom is 0.410 e. The molecule has 1 N–H and O–H groups in total. The average Bonchev–Trinajstić information content (AvgIpc) is 2.79. The third-order valence-corrected chi connectivity index (χ3v) is 5.70. The van der Waals surface area contributed by atoms with Crippen LogP contribution in [0.15, 0.2) is 30.5 Å². The molecule has 1 aromatic carbocycles. The van der Waals surface area contributed by atoms with Gasteiger partial charge < -0.3 is 24.8 Å². The number of nitrogens with zero attached hydrogens (tertiary/aromatic N) is 5. The highest BCUT2D eigenvalue weighted by atomic mass is 19.1. The Morgan fingerprint density at radius 1 is 1.15 bits per heavy atom. The van der Waals surface area contributed by atoms with Gasteiger partial charge in [0.25, 0.3) is 0 Å². The number of hydrogen-bond acceptors (Lipinski definition) is 7. The van der Waals surface area contributed by atoms with Crippen LogP contribution in [0.3, 0.4) is 0 Å². The third kappa shape index (κ3) is 6.33. The lowest BCUT2D eigenvalue weighted by atomic mass is 10.0. The largest absolute Gasteiger partial charge is 0.444 e. The molecule has 2 amide bonds. The average molecular weight is 473 g/mol. The first-order chi connectivity index (χ1) is 15.9. The van der Waals surface area contributed by atoms with Crippen LogP contribution in [0, 0.1) is 5.82 Å². The van der Waals surface area contributed by atoms with Crippen molar-refractivity contribution in [2.75, 3.05) is 42.3 Å². The zero-order chi connectivity index (χ0) is 25.0. The molecule has 0 atom stereocenters. The summed E-state index contributed by atoms with van der Waals surface area (Å²) in [6, 6.07) is 7.23. The van der Waals surface area contributed by atoms with Crippen LogP contribution in [0.25, 0.3) is 0 Å². The number of benzene rings is 1. The van der Waals surface area contributed by atoms with E-state index in [-0.39, 0.29) is 29.8 Å². The molecule has 34 heavy (non-hydrogen) atoms. The number of ether oxygens (including phenoxy) is 1.